The normalized spacial score (nSPS) is 21.2. The van der Waals surface area contributed by atoms with Crippen molar-refractivity contribution in [2.75, 3.05) is 45.8 Å². The predicted molar refractivity (Wildman–Crippen MR) is 132 cm³/mol. The molecule has 0 N–H and O–H groups in total. The van der Waals surface area contributed by atoms with Gasteiger partial charge in [-0.1, -0.05) is 30.2 Å². The Morgan fingerprint density at radius 1 is 1.00 bits per heavy atom. The van der Waals surface area contributed by atoms with Gasteiger partial charge in [0.25, 0.3) is 0 Å². The van der Waals surface area contributed by atoms with Crippen molar-refractivity contribution in [3.8, 4) is 5.69 Å². The van der Waals surface area contributed by atoms with Crippen molar-refractivity contribution in [2.45, 2.75) is 51.5 Å². The van der Waals surface area contributed by atoms with E-state index < -0.39 is 0 Å². The summed E-state index contributed by atoms with van der Waals surface area (Å²) in [5.74, 6) is 0.302. The first-order chi connectivity index (χ1) is 16.2. The van der Waals surface area contributed by atoms with Crippen LogP contribution >= 0.6 is 0 Å². The van der Waals surface area contributed by atoms with Crippen molar-refractivity contribution in [1.29, 1.82) is 0 Å². The number of carbonyl (C=O) groups excluding carboxylic acids is 1. The Bertz CT molecular complexity index is 965. The molecule has 0 spiro atoms. The number of piperidine rings is 2. The van der Waals surface area contributed by atoms with Crippen LogP contribution in [-0.4, -0.2) is 82.2 Å². The van der Waals surface area contributed by atoms with Crippen LogP contribution in [0.2, 0.25) is 0 Å². The highest BCUT2D eigenvalue weighted by Gasteiger charge is 2.28. The van der Waals surface area contributed by atoms with E-state index in [0.29, 0.717) is 18.5 Å². The molecule has 0 aliphatic carbocycles. The van der Waals surface area contributed by atoms with Crippen molar-refractivity contribution in [1.82, 2.24) is 24.5 Å². The Morgan fingerprint density at radius 3 is 2.45 bits per heavy atom. The molecule has 0 atom stereocenters. The van der Waals surface area contributed by atoms with E-state index in [1.165, 1.54) is 49.1 Å². The fourth-order valence-corrected chi connectivity index (χ4v) is 5.50. The summed E-state index contributed by atoms with van der Waals surface area (Å²) in [6.07, 6.45) is 13.7. The lowest BCUT2D eigenvalue weighted by molar-refractivity contribution is -0.134. The minimum Gasteiger partial charge on any atom is -0.341 e. The van der Waals surface area contributed by atoms with E-state index in [4.69, 9.17) is 0 Å². The molecule has 33 heavy (non-hydrogen) atoms. The lowest BCUT2D eigenvalue weighted by Crippen LogP contribution is -2.50. The minimum absolute atomic E-state index is 0.302. The first-order valence-corrected chi connectivity index (χ1v) is 12.7. The molecule has 2 saturated heterocycles. The summed E-state index contributed by atoms with van der Waals surface area (Å²) in [7, 11) is 0. The summed E-state index contributed by atoms with van der Waals surface area (Å²) in [5, 5.41) is 4.56. The van der Waals surface area contributed by atoms with Gasteiger partial charge in [0.05, 0.1) is 18.4 Å². The highest BCUT2D eigenvalue weighted by Crippen LogP contribution is 2.24. The molecular weight excluding hydrogens is 410 g/mol. The highest BCUT2D eigenvalue weighted by molar-refractivity contribution is 5.78. The molecule has 176 valence electrons. The number of likely N-dealkylation sites (tertiary alicyclic amines) is 2. The molecule has 1 amide bonds. The number of hydrogen-bond donors (Lipinski definition) is 0. The molecule has 6 nitrogen and oxygen atoms in total. The number of carbonyl (C=O) groups is 1. The summed E-state index contributed by atoms with van der Waals surface area (Å²) in [6, 6.07) is 9.12. The lowest BCUT2D eigenvalue weighted by atomic mass is 9.99. The van der Waals surface area contributed by atoms with E-state index in [0.717, 1.165) is 51.1 Å². The second-order valence-electron chi connectivity index (χ2n) is 9.93. The molecule has 0 saturated carbocycles. The molecule has 5 rings (SSSR count). The van der Waals surface area contributed by atoms with Crippen LogP contribution in [0.5, 0.6) is 0 Å². The molecule has 3 aliphatic rings. The third kappa shape index (κ3) is 5.39. The molecule has 2 aromatic rings. The standard InChI is InChI=1S/C27H37N5O/c1-22-5-7-26(8-6-22)32-20-24(19-28-32)23-9-15-29(16-10-23)21-27(33)31-17-11-25(12-18-31)30-13-3-2-4-14-30/h5-9,19-20,25H,2-4,10-18,21H2,1H3. The summed E-state index contributed by atoms with van der Waals surface area (Å²) < 4.78 is 1.94. The highest BCUT2D eigenvalue weighted by atomic mass is 16.2. The molecule has 1 aromatic heterocycles. The summed E-state index contributed by atoms with van der Waals surface area (Å²) in [6.45, 7) is 8.76. The van der Waals surface area contributed by atoms with E-state index >= 15 is 0 Å². The van der Waals surface area contributed by atoms with Crippen LogP contribution in [0.15, 0.2) is 42.7 Å². The van der Waals surface area contributed by atoms with Crippen LogP contribution in [0.1, 0.15) is 49.7 Å². The van der Waals surface area contributed by atoms with Gasteiger partial charge in [0.1, 0.15) is 0 Å². The van der Waals surface area contributed by atoms with Gasteiger partial charge in [0.2, 0.25) is 5.91 Å². The lowest BCUT2D eigenvalue weighted by Gasteiger charge is -2.40. The van der Waals surface area contributed by atoms with Gasteiger partial charge < -0.3 is 9.80 Å². The maximum absolute atomic E-state index is 12.9. The average Bonchev–Trinajstić information content (AvgIpc) is 3.36. The summed E-state index contributed by atoms with van der Waals surface area (Å²) >= 11 is 0. The minimum atomic E-state index is 0.302. The third-order valence-electron chi connectivity index (χ3n) is 7.63. The molecule has 1 aromatic carbocycles. The number of rotatable bonds is 5. The zero-order chi connectivity index (χ0) is 22.6. The first-order valence-electron chi connectivity index (χ1n) is 12.7. The molecule has 0 radical (unpaired) electrons. The topological polar surface area (TPSA) is 44.6 Å². The Hall–Kier alpha value is -2.44. The van der Waals surface area contributed by atoms with Gasteiger partial charge >= 0.3 is 0 Å². The van der Waals surface area contributed by atoms with Crippen molar-refractivity contribution in [3.05, 3.63) is 53.9 Å². The third-order valence-corrected chi connectivity index (χ3v) is 7.63. The van der Waals surface area contributed by atoms with Gasteiger partial charge in [-0.15, -0.1) is 0 Å². The molecular formula is C27H37N5O. The van der Waals surface area contributed by atoms with Crippen LogP contribution in [0.3, 0.4) is 0 Å². The van der Waals surface area contributed by atoms with E-state index in [1.807, 2.05) is 10.9 Å². The quantitative estimate of drug-likeness (QED) is 0.700. The van der Waals surface area contributed by atoms with Crippen LogP contribution in [0, 0.1) is 6.92 Å². The van der Waals surface area contributed by atoms with Crippen LogP contribution in [-0.2, 0) is 4.79 Å². The molecule has 4 heterocycles. The number of amides is 1. The van der Waals surface area contributed by atoms with Gasteiger partial charge in [-0.05, 0) is 69.8 Å². The number of benzene rings is 1. The SMILES string of the molecule is Cc1ccc(-n2cc(C3=CCN(CC(=O)N4CCC(N5CCCCC5)CC4)CC3)cn2)cc1. The predicted octanol–water partition coefficient (Wildman–Crippen LogP) is 3.75. The number of hydrogen-bond acceptors (Lipinski definition) is 4. The van der Waals surface area contributed by atoms with Crippen LogP contribution < -0.4 is 0 Å². The maximum Gasteiger partial charge on any atom is 0.236 e. The molecule has 2 fully saturated rings. The smallest absolute Gasteiger partial charge is 0.236 e. The molecule has 0 bridgehead atoms. The maximum atomic E-state index is 12.9. The number of aromatic nitrogens is 2. The van der Waals surface area contributed by atoms with Crippen LogP contribution in [0.4, 0.5) is 0 Å². The van der Waals surface area contributed by atoms with Crippen molar-refractivity contribution < 1.29 is 4.79 Å². The van der Waals surface area contributed by atoms with E-state index in [2.05, 4.69) is 63.3 Å². The van der Waals surface area contributed by atoms with E-state index in [-0.39, 0.29) is 0 Å². The van der Waals surface area contributed by atoms with Crippen LogP contribution in [0.25, 0.3) is 11.3 Å². The van der Waals surface area contributed by atoms with Gasteiger partial charge in [-0.2, -0.15) is 5.10 Å². The van der Waals surface area contributed by atoms with Gasteiger partial charge in [-0.25, -0.2) is 4.68 Å². The number of nitrogens with zero attached hydrogens (tertiary/aromatic N) is 5. The van der Waals surface area contributed by atoms with Crippen molar-refractivity contribution >= 4 is 11.5 Å². The summed E-state index contributed by atoms with van der Waals surface area (Å²) in [5.41, 5.74) is 4.85. The number of aryl methyl sites for hydroxylation is 1. The van der Waals surface area contributed by atoms with E-state index in [1.54, 1.807) is 0 Å². The van der Waals surface area contributed by atoms with Gasteiger partial charge in [0.15, 0.2) is 0 Å². The van der Waals surface area contributed by atoms with E-state index in [9.17, 15) is 4.79 Å². The van der Waals surface area contributed by atoms with Crippen molar-refractivity contribution in [2.24, 2.45) is 0 Å². The Balaban J connectivity index is 1.10. The molecule has 3 aliphatic heterocycles. The fourth-order valence-electron chi connectivity index (χ4n) is 5.50. The first kappa shape index (κ1) is 22.4. The monoisotopic (exact) mass is 447 g/mol. The second kappa shape index (κ2) is 10.2. The zero-order valence-corrected chi connectivity index (χ0v) is 20.0. The zero-order valence-electron chi connectivity index (χ0n) is 20.0. The Morgan fingerprint density at radius 2 is 1.76 bits per heavy atom. The average molecular weight is 448 g/mol. The van der Waals surface area contributed by atoms with Gasteiger partial charge in [0, 0.05) is 44.0 Å². The van der Waals surface area contributed by atoms with Gasteiger partial charge in [-0.3, -0.25) is 9.69 Å². The Labute approximate surface area is 197 Å². The fraction of sp³-hybridized carbons (Fsp3) is 0.556. The largest absolute Gasteiger partial charge is 0.341 e. The van der Waals surface area contributed by atoms with Crippen molar-refractivity contribution in [3.63, 3.8) is 0 Å². The summed E-state index contributed by atoms with van der Waals surface area (Å²) in [4.78, 5) is 20.0. The molecule has 6 heteroatoms. The molecule has 0 unspecified atom stereocenters. The Kier molecular flexibility index (Phi) is 6.93. The second-order valence-corrected chi connectivity index (χ2v) is 9.93.